The van der Waals surface area contributed by atoms with Crippen LogP contribution in [0.2, 0.25) is 0 Å². The van der Waals surface area contributed by atoms with Crippen molar-refractivity contribution in [1.29, 1.82) is 0 Å². The number of amides is 1. The van der Waals surface area contributed by atoms with Crippen molar-refractivity contribution < 1.29 is 18.3 Å². The van der Waals surface area contributed by atoms with E-state index in [4.69, 9.17) is 4.74 Å². The number of fused-ring (bicyclic) bond motifs is 1. The topological polar surface area (TPSA) is 72.9 Å². The zero-order valence-electron chi connectivity index (χ0n) is 17.5. The zero-order chi connectivity index (χ0) is 21.4. The molecule has 2 unspecified atom stereocenters. The van der Waals surface area contributed by atoms with Gasteiger partial charge in [0.2, 0.25) is 5.91 Å². The summed E-state index contributed by atoms with van der Waals surface area (Å²) < 4.78 is 31.3. The first-order valence-corrected chi connectivity index (χ1v) is 12.1. The maximum absolute atomic E-state index is 13.5. The van der Waals surface area contributed by atoms with E-state index < -0.39 is 15.9 Å². The Morgan fingerprint density at radius 1 is 1.17 bits per heavy atom. The van der Waals surface area contributed by atoms with E-state index in [-0.39, 0.29) is 12.3 Å². The van der Waals surface area contributed by atoms with Crippen molar-refractivity contribution in [3.8, 4) is 5.75 Å². The summed E-state index contributed by atoms with van der Waals surface area (Å²) >= 11 is 0. The molecule has 7 heteroatoms. The van der Waals surface area contributed by atoms with Crippen molar-refractivity contribution in [3.05, 3.63) is 65.2 Å². The van der Waals surface area contributed by atoms with Crippen molar-refractivity contribution in [2.45, 2.75) is 37.8 Å². The van der Waals surface area contributed by atoms with Crippen LogP contribution >= 0.6 is 0 Å². The maximum atomic E-state index is 13.5. The lowest BCUT2D eigenvalue weighted by atomic mass is 9.77. The Hall–Kier alpha value is -2.22. The first-order chi connectivity index (χ1) is 14.3. The lowest BCUT2D eigenvalue weighted by Crippen LogP contribution is -2.64. The Morgan fingerprint density at radius 2 is 1.87 bits per heavy atom. The van der Waals surface area contributed by atoms with Gasteiger partial charge in [0.05, 0.1) is 25.6 Å². The number of carbonyl (C=O) groups excluding carboxylic acids is 1. The molecule has 0 radical (unpaired) electrons. The van der Waals surface area contributed by atoms with E-state index in [1.54, 1.807) is 7.11 Å². The molecule has 0 N–H and O–H groups in total. The average molecular weight is 429 g/mol. The Labute approximate surface area is 179 Å². The van der Waals surface area contributed by atoms with Crippen molar-refractivity contribution in [3.63, 3.8) is 0 Å². The number of methoxy groups -OCH3 is 1. The number of benzene rings is 2. The smallest absolute Gasteiger partial charge is 0.227 e. The highest BCUT2D eigenvalue weighted by Crippen LogP contribution is 2.39. The lowest BCUT2D eigenvalue weighted by Gasteiger charge is -2.52. The van der Waals surface area contributed by atoms with Crippen LogP contribution in [0.4, 0.5) is 0 Å². The van der Waals surface area contributed by atoms with Crippen LogP contribution in [0.15, 0.2) is 48.5 Å². The van der Waals surface area contributed by atoms with Crippen LogP contribution in [-0.4, -0.2) is 51.7 Å². The number of hydrogen-bond donors (Lipinski definition) is 0. The molecule has 0 aromatic heterocycles. The van der Waals surface area contributed by atoms with Crippen LogP contribution in [0, 0.1) is 0 Å². The van der Waals surface area contributed by atoms with Crippen LogP contribution in [0.3, 0.4) is 0 Å². The zero-order valence-corrected chi connectivity index (χ0v) is 18.3. The number of hydrogen-bond acceptors (Lipinski definition) is 4. The summed E-state index contributed by atoms with van der Waals surface area (Å²) in [6.07, 6.45) is 3.78. The minimum atomic E-state index is -3.31. The molecule has 2 aliphatic rings. The lowest BCUT2D eigenvalue weighted by molar-refractivity contribution is -0.141. The molecule has 6 nitrogen and oxygen atoms in total. The van der Waals surface area contributed by atoms with Crippen LogP contribution in [0.1, 0.15) is 29.5 Å². The highest BCUT2D eigenvalue weighted by molar-refractivity contribution is 7.94. The monoisotopic (exact) mass is 428 g/mol. The molecule has 1 spiro atoms. The molecule has 2 heterocycles. The van der Waals surface area contributed by atoms with Crippen molar-refractivity contribution in [2.24, 2.45) is 0 Å². The van der Waals surface area contributed by atoms with Crippen LogP contribution in [-0.2, 0) is 38.8 Å². The summed E-state index contributed by atoms with van der Waals surface area (Å²) in [7, 11) is -1.70. The fourth-order valence-electron chi connectivity index (χ4n) is 4.76. The maximum Gasteiger partial charge on any atom is 0.227 e. The predicted octanol–water partition coefficient (Wildman–Crippen LogP) is 2.83. The largest absolute Gasteiger partial charge is 0.598 e. The second-order valence-electron chi connectivity index (χ2n) is 8.37. The molecule has 4 rings (SSSR count). The summed E-state index contributed by atoms with van der Waals surface area (Å²) in [6.45, 7) is 1.39. The van der Waals surface area contributed by atoms with Gasteiger partial charge in [-0.15, -0.1) is 4.31 Å². The van der Waals surface area contributed by atoms with Gasteiger partial charge in [-0.2, -0.15) is 0 Å². The summed E-state index contributed by atoms with van der Waals surface area (Å²) in [6, 6.07) is 15.7. The van der Waals surface area contributed by atoms with Crippen LogP contribution < -0.4 is 4.74 Å². The molecule has 2 aromatic rings. The molecule has 2 atom stereocenters. The number of carbonyl (C=O) groups is 1. The van der Waals surface area contributed by atoms with Gasteiger partial charge in [-0.25, -0.2) is 0 Å². The van der Waals surface area contributed by atoms with Gasteiger partial charge in [0.25, 0.3) is 0 Å². The third kappa shape index (κ3) is 4.15. The highest BCUT2D eigenvalue weighted by atomic mass is 32.3. The number of sulfonamides is 1. The van der Waals surface area contributed by atoms with Crippen LogP contribution in [0.25, 0.3) is 0 Å². The Kier molecular flexibility index (Phi) is 5.70. The van der Waals surface area contributed by atoms with E-state index in [1.807, 2.05) is 41.3 Å². The third-order valence-electron chi connectivity index (χ3n) is 6.34. The van der Waals surface area contributed by atoms with Crippen molar-refractivity contribution in [1.82, 2.24) is 9.21 Å². The summed E-state index contributed by atoms with van der Waals surface area (Å²) in [5.41, 5.74) is 2.77. The second-order valence-corrected chi connectivity index (χ2v) is 10.4. The van der Waals surface area contributed by atoms with Crippen molar-refractivity contribution in [2.75, 3.05) is 26.5 Å². The third-order valence-corrected chi connectivity index (χ3v) is 7.59. The molecule has 0 saturated carbocycles. The Morgan fingerprint density at radius 3 is 2.53 bits per heavy atom. The number of ether oxygens (including phenoxy) is 1. The van der Waals surface area contributed by atoms with Gasteiger partial charge in [0, 0.05) is 13.1 Å². The van der Waals surface area contributed by atoms with E-state index in [1.165, 1.54) is 16.1 Å². The van der Waals surface area contributed by atoms with Crippen LogP contribution in [0.5, 0.6) is 5.75 Å². The summed E-state index contributed by atoms with van der Waals surface area (Å²) in [5.74, 6) is 0.788. The van der Waals surface area contributed by atoms with Crippen molar-refractivity contribution >= 4 is 16.3 Å². The molecule has 0 bridgehead atoms. The highest BCUT2D eigenvalue weighted by Gasteiger charge is 2.48. The normalized spacial score (nSPS) is 23.6. The van der Waals surface area contributed by atoms with Gasteiger partial charge >= 0.3 is 0 Å². The molecule has 1 saturated heterocycles. The van der Waals surface area contributed by atoms with Gasteiger partial charge in [-0.1, -0.05) is 40.6 Å². The SMILES string of the molecule is COc1ccc(CC(=O)N2Cc3ccccc3CC23CCCN([S+](C)(=O)[O-])C3)cc1. The quantitative estimate of drug-likeness (QED) is 0.702. The van der Waals surface area contributed by atoms with Gasteiger partial charge < -0.3 is 14.2 Å². The Balaban J connectivity index is 1.65. The molecule has 0 aliphatic carbocycles. The van der Waals surface area contributed by atoms with Gasteiger partial charge in [0.1, 0.15) is 22.4 Å². The molecule has 2 aliphatic heterocycles. The van der Waals surface area contributed by atoms with E-state index in [2.05, 4.69) is 12.1 Å². The number of nitrogens with zero attached hydrogens (tertiary/aromatic N) is 2. The van der Waals surface area contributed by atoms with Gasteiger partial charge in [0.15, 0.2) is 0 Å². The van der Waals surface area contributed by atoms with E-state index >= 15 is 0 Å². The fourth-order valence-corrected chi connectivity index (χ4v) is 5.69. The molecule has 160 valence electrons. The van der Waals surface area contributed by atoms with Gasteiger partial charge in [-0.3, -0.25) is 4.79 Å². The first-order valence-electron chi connectivity index (χ1n) is 10.3. The number of piperidine rings is 1. The second kappa shape index (κ2) is 8.13. The molecular weight excluding hydrogens is 400 g/mol. The summed E-state index contributed by atoms with van der Waals surface area (Å²) in [4.78, 5) is 15.4. The molecule has 30 heavy (non-hydrogen) atoms. The summed E-state index contributed by atoms with van der Waals surface area (Å²) in [5, 5.41) is 0. The fraction of sp³-hybridized carbons (Fsp3) is 0.435. The predicted molar refractivity (Wildman–Crippen MR) is 116 cm³/mol. The Bertz CT molecular complexity index is 971. The standard InChI is InChI=1S/C23H28N2O4S/c1-29-21-10-8-18(9-11-21)14-22(26)25-16-20-7-4-3-6-19(20)15-23(25)12-5-13-24(17-23)30(2,27)28/h3-4,6-11H,5,12-17H2,1-2H3. The van der Waals surface area contributed by atoms with E-state index in [9.17, 15) is 13.6 Å². The first kappa shape index (κ1) is 21.0. The molecule has 1 fully saturated rings. The molecule has 2 aromatic carbocycles. The number of rotatable bonds is 4. The van der Waals surface area contributed by atoms with E-state index in [0.717, 1.165) is 29.7 Å². The van der Waals surface area contributed by atoms with E-state index in [0.29, 0.717) is 26.1 Å². The minimum absolute atomic E-state index is 0.0324. The van der Waals surface area contributed by atoms with Gasteiger partial charge in [-0.05, 0) is 48.1 Å². The molecular formula is C23H28N2O4S. The minimum Gasteiger partial charge on any atom is -0.598 e. The average Bonchev–Trinajstić information content (AvgIpc) is 2.73. The molecule has 1 amide bonds.